The molecule has 0 aromatic carbocycles. The summed E-state index contributed by atoms with van der Waals surface area (Å²) in [7, 11) is 2.23. The second-order valence-corrected chi connectivity index (χ2v) is 5.55. The number of hydrogen-bond donors (Lipinski definition) is 1. The van der Waals surface area contributed by atoms with Gasteiger partial charge in [0, 0.05) is 19.1 Å². The summed E-state index contributed by atoms with van der Waals surface area (Å²) in [6.45, 7) is 8.06. The van der Waals surface area contributed by atoms with Crippen molar-refractivity contribution in [2.24, 2.45) is 0 Å². The predicted octanol–water partition coefficient (Wildman–Crippen LogP) is 2.84. The molecule has 0 bridgehead atoms. The largest absolute Gasteiger partial charge is 0.315 e. The van der Waals surface area contributed by atoms with Crippen LogP contribution in [0.2, 0.25) is 0 Å². The van der Waals surface area contributed by atoms with E-state index in [2.05, 4.69) is 37.4 Å². The Morgan fingerprint density at radius 2 is 2.00 bits per heavy atom. The Bertz CT molecular complexity index is 142. The lowest BCUT2D eigenvalue weighted by molar-refractivity contribution is 0.253. The van der Waals surface area contributed by atoms with Gasteiger partial charge < -0.3 is 10.2 Å². The van der Waals surface area contributed by atoms with Crippen molar-refractivity contribution in [1.29, 1.82) is 0 Å². The molecule has 0 aromatic rings. The molecule has 0 aromatic heterocycles. The Hall–Kier alpha value is 0.270. The maximum Gasteiger partial charge on any atom is 0.0107 e. The van der Waals surface area contributed by atoms with Gasteiger partial charge in [0.1, 0.15) is 0 Å². The highest BCUT2D eigenvalue weighted by molar-refractivity contribution is 7.98. The smallest absolute Gasteiger partial charge is 0.0107 e. The third-order valence-electron chi connectivity index (χ3n) is 3.09. The van der Waals surface area contributed by atoms with E-state index in [1.54, 1.807) is 0 Å². The molecule has 0 fully saturated rings. The minimum absolute atomic E-state index is 0.713. The minimum atomic E-state index is 0.713. The molecule has 1 unspecified atom stereocenters. The summed E-state index contributed by atoms with van der Waals surface area (Å²) in [5.41, 5.74) is 0. The molecule has 0 heterocycles. The van der Waals surface area contributed by atoms with Gasteiger partial charge in [-0.05, 0) is 45.4 Å². The van der Waals surface area contributed by atoms with Crippen molar-refractivity contribution in [2.45, 2.75) is 45.6 Å². The Labute approximate surface area is 107 Å². The highest BCUT2D eigenvalue weighted by atomic mass is 32.2. The highest BCUT2D eigenvalue weighted by Crippen LogP contribution is 2.05. The summed E-state index contributed by atoms with van der Waals surface area (Å²) in [6, 6.07) is 0.713. The molecule has 1 atom stereocenters. The summed E-state index contributed by atoms with van der Waals surface area (Å²) >= 11 is 1.94. The average molecular weight is 246 g/mol. The normalized spacial score (nSPS) is 13.3. The molecule has 0 amide bonds. The molecule has 0 spiro atoms. The number of rotatable bonds is 11. The SMILES string of the molecule is CCCCCNCCN(C)C(C)CCSC. The fourth-order valence-electron chi connectivity index (χ4n) is 1.61. The van der Waals surface area contributed by atoms with Crippen LogP contribution >= 0.6 is 11.8 Å². The molecule has 0 aliphatic carbocycles. The Morgan fingerprint density at radius 1 is 1.25 bits per heavy atom. The number of thioether (sulfide) groups is 1. The Balaban J connectivity index is 3.31. The summed E-state index contributed by atoms with van der Waals surface area (Å²) in [5, 5.41) is 3.52. The summed E-state index contributed by atoms with van der Waals surface area (Å²) < 4.78 is 0. The monoisotopic (exact) mass is 246 g/mol. The van der Waals surface area contributed by atoms with Crippen LogP contribution in [-0.2, 0) is 0 Å². The molecule has 0 saturated heterocycles. The maximum atomic E-state index is 3.52. The van der Waals surface area contributed by atoms with Crippen molar-refractivity contribution in [1.82, 2.24) is 10.2 Å². The second kappa shape index (κ2) is 11.7. The lowest BCUT2D eigenvalue weighted by atomic mass is 10.2. The zero-order valence-electron chi connectivity index (χ0n) is 11.6. The average Bonchev–Trinajstić information content (AvgIpc) is 2.30. The first kappa shape index (κ1) is 16.3. The van der Waals surface area contributed by atoms with Gasteiger partial charge >= 0.3 is 0 Å². The highest BCUT2D eigenvalue weighted by Gasteiger charge is 2.07. The zero-order chi connectivity index (χ0) is 12.2. The molecule has 0 radical (unpaired) electrons. The van der Waals surface area contributed by atoms with Crippen molar-refractivity contribution in [2.75, 3.05) is 38.7 Å². The minimum Gasteiger partial charge on any atom is -0.315 e. The molecule has 1 N–H and O–H groups in total. The quantitative estimate of drug-likeness (QED) is 0.564. The van der Waals surface area contributed by atoms with Crippen LogP contribution in [0.1, 0.15) is 39.5 Å². The molecule has 98 valence electrons. The van der Waals surface area contributed by atoms with E-state index in [0.717, 1.165) is 6.54 Å². The van der Waals surface area contributed by atoms with Crippen LogP contribution < -0.4 is 5.32 Å². The standard InChI is InChI=1S/C13H30N2S/c1-5-6-7-9-14-10-11-15(3)13(2)8-12-16-4/h13-14H,5-12H2,1-4H3. The number of nitrogens with zero attached hydrogens (tertiary/aromatic N) is 1. The van der Waals surface area contributed by atoms with Crippen LogP contribution in [0.5, 0.6) is 0 Å². The van der Waals surface area contributed by atoms with Crippen molar-refractivity contribution >= 4 is 11.8 Å². The van der Waals surface area contributed by atoms with Crippen molar-refractivity contribution in [3.8, 4) is 0 Å². The van der Waals surface area contributed by atoms with Crippen LogP contribution in [0.4, 0.5) is 0 Å². The van der Waals surface area contributed by atoms with Gasteiger partial charge in [0.2, 0.25) is 0 Å². The second-order valence-electron chi connectivity index (χ2n) is 4.57. The first-order valence-corrected chi connectivity index (χ1v) is 8.01. The predicted molar refractivity (Wildman–Crippen MR) is 77.5 cm³/mol. The van der Waals surface area contributed by atoms with E-state index in [4.69, 9.17) is 0 Å². The Kier molecular flexibility index (Phi) is 11.9. The molecule has 0 saturated carbocycles. The summed E-state index contributed by atoms with van der Waals surface area (Å²) in [6.07, 6.45) is 7.47. The summed E-state index contributed by atoms with van der Waals surface area (Å²) in [5.74, 6) is 1.27. The van der Waals surface area contributed by atoms with Gasteiger partial charge in [-0.15, -0.1) is 0 Å². The molecule has 0 aliphatic rings. The molecular weight excluding hydrogens is 216 g/mol. The number of hydrogen-bond acceptors (Lipinski definition) is 3. The lowest BCUT2D eigenvalue weighted by Gasteiger charge is -2.24. The van der Waals surface area contributed by atoms with Crippen LogP contribution in [0, 0.1) is 0 Å². The van der Waals surface area contributed by atoms with Gasteiger partial charge in [-0.3, -0.25) is 0 Å². The molecular formula is C13H30N2S. The third-order valence-corrected chi connectivity index (χ3v) is 3.73. The van der Waals surface area contributed by atoms with Crippen LogP contribution in [0.25, 0.3) is 0 Å². The maximum absolute atomic E-state index is 3.52. The van der Waals surface area contributed by atoms with Crippen LogP contribution in [0.15, 0.2) is 0 Å². The van der Waals surface area contributed by atoms with E-state index in [9.17, 15) is 0 Å². The van der Waals surface area contributed by atoms with Crippen LogP contribution in [-0.4, -0.2) is 49.6 Å². The van der Waals surface area contributed by atoms with Gasteiger partial charge in [-0.2, -0.15) is 11.8 Å². The summed E-state index contributed by atoms with van der Waals surface area (Å²) in [4.78, 5) is 2.46. The van der Waals surface area contributed by atoms with Crippen molar-refractivity contribution in [3.63, 3.8) is 0 Å². The topological polar surface area (TPSA) is 15.3 Å². The molecule has 0 aliphatic heterocycles. The molecule has 3 heteroatoms. The van der Waals surface area contributed by atoms with Gasteiger partial charge in [0.15, 0.2) is 0 Å². The van der Waals surface area contributed by atoms with Gasteiger partial charge in [0.05, 0.1) is 0 Å². The van der Waals surface area contributed by atoms with E-state index >= 15 is 0 Å². The number of unbranched alkanes of at least 4 members (excludes halogenated alkanes) is 2. The molecule has 16 heavy (non-hydrogen) atoms. The third kappa shape index (κ3) is 9.49. The number of likely N-dealkylation sites (N-methyl/N-ethyl adjacent to an activating group) is 1. The Morgan fingerprint density at radius 3 is 2.62 bits per heavy atom. The fourth-order valence-corrected chi connectivity index (χ4v) is 2.19. The first-order valence-electron chi connectivity index (χ1n) is 6.62. The van der Waals surface area contributed by atoms with Crippen molar-refractivity contribution < 1.29 is 0 Å². The van der Waals surface area contributed by atoms with Crippen LogP contribution in [0.3, 0.4) is 0 Å². The van der Waals surface area contributed by atoms with Gasteiger partial charge in [0.25, 0.3) is 0 Å². The molecule has 0 rings (SSSR count). The zero-order valence-corrected chi connectivity index (χ0v) is 12.4. The van der Waals surface area contributed by atoms with E-state index in [0.29, 0.717) is 6.04 Å². The number of nitrogens with one attached hydrogen (secondary N) is 1. The first-order chi connectivity index (χ1) is 7.72. The lowest BCUT2D eigenvalue weighted by Crippen LogP contribution is -2.35. The van der Waals surface area contributed by atoms with Gasteiger partial charge in [-0.1, -0.05) is 19.8 Å². The van der Waals surface area contributed by atoms with E-state index in [-0.39, 0.29) is 0 Å². The van der Waals surface area contributed by atoms with E-state index in [1.165, 1.54) is 44.5 Å². The van der Waals surface area contributed by atoms with E-state index in [1.807, 2.05) is 11.8 Å². The van der Waals surface area contributed by atoms with Gasteiger partial charge in [-0.25, -0.2) is 0 Å². The molecule has 2 nitrogen and oxygen atoms in total. The van der Waals surface area contributed by atoms with E-state index < -0.39 is 0 Å². The fraction of sp³-hybridized carbons (Fsp3) is 1.00. The van der Waals surface area contributed by atoms with Crippen molar-refractivity contribution in [3.05, 3.63) is 0 Å².